The lowest BCUT2D eigenvalue weighted by Gasteiger charge is -2.24. The third-order valence-electron chi connectivity index (χ3n) is 12.6. The first-order valence-corrected chi connectivity index (χ1v) is 21.4. The van der Waals surface area contributed by atoms with Gasteiger partial charge in [0.1, 0.15) is 23.2 Å². The van der Waals surface area contributed by atoms with Crippen LogP contribution in [0.4, 0.5) is 0 Å². The van der Waals surface area contributed by atoms with Crippen molar-refractivity contribution in [2.45, 2.75) is 6.17 Å². The molecule has 296 valence electrons. The van der Waals surface area contributed by atoms with Crippen LogP contribution in [-0.4, -0.2) is 20.8 Å². The molecule has 0 amide bonds. The summed E-state index contributed by atoms with van der Waals surface area (Å²) in [7, 11) is 0. The zero-order valence-electron chi connectivity index (χ0n) is 34.0. The van der Waals surface area contributed by atoms with Crippen LogP contribution in [0.25, 0.3) is 88.1 Å². The lowest BCUT2D eigenvalue weighted by atomic mass is 9.98. The third kappa shape index (κ3) is 5.58. The van der Waals surface area contributed by atoms with E-state index >= 15 is 0 Å². The van der Waals surface area contributed by atoms with Crippen molar-refractivity contribution >= 4 is 77.2 Å². The van der Waals surface area contributed by atoms with E-state index in [0.29, 0.717) is 5.84 Å². The van der Waals surface area contributed by atoms with E-state index in [9.17, 15) is 0 Å². The molecule has 6 heteroatoms. The zero-order chi connectivity index (χ0) is 41.4. The molecule has 1 aliphatic rings. The molecule has 6 nitrogen and oxygen atoms in total. The zero-order valence-corrected chi connectivity index (χ0v) is 34.0. The van der Waals surface area contributed by atoms with E-state index in [0.717, 1.165) is 72.5 Å². The van der Waals surface area contributed by atoms with Gasteiger partial charge in [-0.25, -0.2) is 9.98 Å². The molecule has 0 fully saturated rings. The van der Waals surface area contributed by atoms with Crippen LogP contribution < -0.4 is 5.32 Å². The highest BCUT2D eigenvalue weighted by molar-refractivity contribution is 6.24. The Bertz CT molecular complexity index is 3800. The number of hydrogen-bond donors (Lipinski definition) is 1. The average molecular weight is 808 g/mol. The number of fused-ring (bicyclic) bond motifs is 10. The van der Waals surface area contributed by atoms with Gasteiger partial charge >= 0.3 is 0 Å². The molecule has 3 aromatic heterocycles. The predicted octanol–water partition coefficient (Wildman–Crippen LogP) is 13.9. The molecule has 9 aromatic carbocycles. The van der Waals surface area contributed by atoms with Crippen molar-refractivity contribution in [3.8, 4) is 22.5 Å². The van der Waals surface area contributed by atoms with E-state index in [1.807, 2.05) is 36.4 Å². The summed E-state index contributed by atoms with van der Waals surface area (Å²) in [5, 5.41) is 10.6. The number of benzene rings is 9. The first-order valence-electron chi connectivity index (χ1n) is 21.4. The minimum Gasteiger partial charge on any atom is -0.456 e. The van der Waals surface area contributed by atoms with Crippen LogP contribution in [0, 0.1) is 0 Å². The molecule has 4 heterocycles. The first kappa shape index (κ1) is 35.3. The summed E-state index contributed by atoms with van der Waals surface area (Å²) in [4.78, 5) is 10.3. The van der Waals surface area contributed by atoms with Gasteiger partial charge in [-0.2, -0.15) is 0 Å². The van der Waals surface area contributed by atoms with Gasteiger partial charge in [0.2, 0.25) is 0 Å². The topological polar surface area (TPSA) is 59.8 Å². The van der Waals surface area contributed by atoms with Gasteiger partial charge in [0.25, 0.3) is 0 Å². The normalized spacial score (nSPS) is 14.2. The quantitative estimate of drug-likeness (QED) is 0.182. The molecular formula is C57H37N5O. The number of hydrogen-bond acceptors (Lipinski definition) is 4. The van der Waals surface area contributed by atoms with E-state index < -0.39 is 6.17 Å². The molecule has 0 saturated carbocycles. The molecular weight excluding hydrogens is 771 g/mol. The van der Waals surface area contributed by atoms with Gasteiger partial charge in [-0.15, -0.1) is 0 Å². The largest absolute Gasteiger partial charge is 0.456 e. The first-order chi connectivity index (χ1) is 31.2. The van der Waals surface area contributed by atoms with E-state index in [-0.39, 0.29) is 0 Å². The molecule has 0 radical (unpaired) electrons. The van der Waals surface area contributed by atoms with Crippen LogP contribution >= 0.6 is 0 Å². The maximum atomic E-state index is 6.58. The minimum absolute atomic E-state index is 0.398. The van der Waals surface area contributed by atoms with E-state index in [1.54, 1.807) is 0 Å². The Morgan fingerprint density at radius 1 is 0.413 bits per heavy atom. The highest BCUT2D eigenvalue weighted by Gasteiger charge is 2.26. The Hall–Kier alpha value is -8.48. The second-order valence-electron chi connectivity index (χ2n) is 16.2. The molecule has 0 saturated heterocycles. The number of para-hydroxylation sites is 3. The molecule has 0 spiro atoms. The van der Waals surface area contributed by atoms with E-state index in [1.165, 1.54) is 38.1 Å². The minimum atomic E-state index is -0.398. The number of amidine groups is 2. The molecule has 1 atom stereocenters. The molecule has 1 N–H and O–H groups in total. The molecule has 13 rings (SSSR count). The van der Waals surface area contributed by atoms with Crippen LogP contribution in [-0.2, 0) is 0 Å². The lowest BCUT2D eigenvalue weighted by Crippen LogP contribution is -2.33. The van der Waals surface area contributed by atoms with Crippen LogP contribution in [0.2, 0.25) is 0 Å². The highest BCUT2D eigenvalue weighted by Crippen LogP contribution is 2.44. The fourth-order valence-electron chi connectivity index (χ4n) is 9.75. The molecule has 1 aliphatic heterocycles. The number of nitrogens with zero attached hydrogens (tertiary/aromatic N) is 4. The maximum absolute atomic E-state index is 6.58. The van der Waals surface area contributed by atoms with Gasteiger partial charge in [-0.3, -0.25) is 0 Å². The Labute approximate surface area is 362 Å². The smallest absolute Gasteiger partial charge is 0.159 e. The van der Waals surface area contributed by atoms with Crippen molar-refractivity contribution in [3.63, 3.8) is 0 Å². The van der Waals surface area contributed by atoms with Crippen molar-refractivity contribution in [1.29, 1.82) is 0 Å². The maximum Gasteiger partial charge on any atom is 0.159 e. The van der Waals surface area contributed by atoms with Crippen molar-refractivity contribution in [2.24, 2.45) is 9.98 Å². The molecule has 12 aromatic rings. The Morgan fingerprint density at radius 2 is 0.984 bits per heavy atom. The van der Waals surface area contributed by atoms with Gasteiger partial charge in [0, 0.05) is 60.4 Å². The van der Waals surface area contributed by atoms with E-state index in [4.69, 9.17) is 14.4 Å². The number of rotatable bonds is 6. The van der Waals surface area contributed by atoms with Crippen LogP contribution in [0.1, 0.15) is 22.9 Å². The lowest BCUT2D eigenvalue weighted by molar-refractivity contribution is 0.662. The van der Waals surface area contributed by atoms with Crippen molar-refractivity contribution < 1.29 is 4.42 Å². The summed E-state index contributed by atoms with van der Waals surface area (Å²) in [6.45, 7) is 0. The van der Waals surface area contributed by atoms with Crippen molar-refractivity contribution in [1.82, 2.24) is 14.5 Å². The Kier molecular flexibility index (Phi) is 7.87. The fraction of sp³-hybridized carbons (Fsp3) is 0.0175. The van der Waals surface area contributed by atoms with Crippen LogP contribution in [0.3, 0.4) is 0 Å². The van der Waals surface area contributed by atoms with Crippen molar-refractivity contribution in [2.75, 3.05) is 0 Å². The molecule has 1 unspecified atom stereocenters. The van der Waals surface area contributed by atoms with Gasteiger partial charge in [0.05, 0.1) is 22.1 Å². The van der Waals surface area contributed by atoms with E-state index in [2.05, 4.69) is 190 Å². The SMILES string of the molecule is c1ccc(C2=NC(c3cccc4oc5ccc(-c6ccc7c(c6)c6ccc8c9ccccc9n(-c9ccccc9)c8c6n7-c6ccccc6)cc5c34)NC(c3ccccc3)=N2)cc1. The summed E-state index contributed by atoms with van der Waals surface area (Å²) in [5.74, 6) is 1.47. The Morgan fingerprint density at radius 3 is 1.68 bits per heavy atom. The summed E-state index contributed by atoms with van der Waals surface area (Å²) in [5.41, 5.74) is 13.9. The van der Waals surface area contributed by atoms with Gasteiger partial charge in [0.15, 0.2) is 5.84 Å². The summed E-state index contributed by atoms with van der Waals surface area (Å²) >= 11 is 0. The van der Waals surface area contributed by atoms with Gasteiger partial charge in [-0.05, 0) is 71.8 Å². The standard InChI is InChI=1S/C57H37N5O/c1-5-16-36(17-6-1)55-58-56(37-18-7-2-8-19-37)60-57(59-55)45-25-15-27-51-52(45)47-35-39(29-33-50(47)63-51)38-28-32-49-46(34-38)44-31-30-43-42-24-13-14-26-48(42)61(40-20-9-3-10-21-40)53(43)54(44)62(49)41-22-11-4-12-23-41/h1-35,57H,(H,58,59,60). The molecule has 0 aliphatic carbocycles. The second kappa shape index (κ2) is 14.0. The monoisotopic (exact) mass is 807 g/mol. The van der Waals surface area contributed by atoms with Gasteiger partial charge < -0.3 is 18.9 Å². The number of aliphatic imine (C=N–C) groups is 2. The third-order valence-corrected chi connectivity index (χ3v) is 12.6. The van der Waals surface area contributed by atoms with Gasteiger partial charge in [-0.1, -0.05) is 152 Å². The summed E-state index contributed by atoms with van der Waals surface area (Å²) in [6.07, 6.45) is -0.398. The Balaban J connectivity index is 1.01. The summed E-state index contributed by atoms with van der Waals surface area (Å²) in [6, 6.07) is 75.1. The number of furan rings is 1. The number of aromatic nitrogens is 2. The predicted molar refractivity (Wildman–Crippen MR) is 260 cm³/mol. The fourth-order valence-corrected chi connectivity index (χ4v) is 9.75. The van der Waals surface area contributed by atoms with Crippen LogP contribution in [0.5, 0.6) is 0 Å². The molecule has 0 bridgehead atoms. The number of nitrogens with one attached hydrogen (secondary N) is 1. The van der Waals surface area contributed by atoms with Crippen molar-refractivity contribution in [3.05, 3.63) is 229 Å². The summed E-state index contributed by atoms with van der Waals surface area (Å²) < 4.78 is 11.5. The molecule has 63 heavy (non-hydrogen) atoms. The second-order valence-corrected chi connectivity index (χ2v) is 16.2. The highest BCUT2D eigenvalue weighted by atomic mass is 16.3. The average Bonchev–Trinajstić information content (AvgIpc) is 4.02. The van der Waals surface area contributed by atoms with Crippen LogP contribution in [0.15, 0.2) is 227 Å².